The number of aliphatic hydroxyl groups excluding tert-OH is 1. The van der Waals surface area contributed by atoms with Crippen molar-refractivity contribution in [1.29, 1.82) is 0 Å². The van der Waals surface area contributed by atoms with Gasteiger partial charge in [0, 0.05) is 29.2 Å². The van der Waals surface area contributed by atoms with Crippen molar-refractivity contribution < 1.29 is 41.8 Å². The molecule has 1 saturated heterocycles. The Hall–Kier alpha value is -3.58. The van der Waals surface area contributed by atoms with E-state index in [0.717, 1.165) is 17.0 Å². The fourth-order valence-electron chi connectivity index (χ4n) is 3.57. The summed E-state index contributed by atoms with van der Waals surface area (Å²) in [5.41, 5.74) is 5.04. The number of hydrogen-bond acceptors (Lipinski definition) is 6. The molecule has 2 atom stereocenters. The first-order valence-electron chi connectivity index (χ1n) is 10.8. The SMILES string of the molecule is CO/N=C(\N)c1cc(F)c(CNC(=O)[C@@H]2CCN2C(=O)[C@H](O)c2cc(Cl)cc(OCC(F)F)c2)c(F)c1. The number of nitrogens with zero attached hydrogens (tertiary/aromatic N) is 2. The second-order valence-electron chi connectivity index (χ2n) is 7.96. The molecule has 14 heteroatoms. The molecule has 200 valence electrons. The highest BCUT2D eigenvalue weighted by atomic mass is 35.5. The summed E-state index contributed by atoms with van der Waals surface area (Å²) in [6, 6.07) is 4.56. The number of ether oxygens (including phenoxy) is 1. The van der Waals surface area contributed by atoms with Crippen molar-refractivity contribution >= 4 is 29.3 Å². The number of alkyl halides is 2. The number of nitrogens with two attached hydrogens (primary N) is 1. The number of hydrogen-bond donors (Lipinski definition) is 3. The molecule has 1 aliphatic rings. The third kappa shape index (κ3) is 6.80. The van der Waals surface area contributed by atoms with Crippen LogP contribution in [-0.4, -0.2) is 60.4 Å². The predicted octanol–water partition coefficient (Wildman–Crippen LogP) is 2.48. The van der Waals surface area contributed by atoms with Gasteiger partial charge < -0.3 is 30.6 Å². The maximum atomic E-state index is 14.4. The van der Waals surface area contributed by atoms with Gasteiger partial charge in [-0.2, -0.15) is 0 Å². The Morgan fingerprint density at radius 2 is 1.92 bits per heavy atom. The van der Waals surface area contributed by atoms with Gasteiger partial charge in [0.15, 0.2) is 11.9 Å². The van der Waals surface area contributed by atoms with E-state index in [2.05, 4.69) is 15.3 Å². The Morgan fingerprint density at radius 3 is 2.49 bits per heavy atom. The lowest BCUT2D eigenvalue weighted by Crippen LogP contribution is -2.59. The highest BCUT2D eigenvalue weighted by molar-refractivity contribution is 6.30. The molecule has 2 aromatic rings. The lowest BCUT2D eigenvalue weighted by molar-refractivity contribution is -0.154. The van der Waals surface area contributed by atoms with E-state index in [1.807, 2.05) is 0 Å². The summed E-state index contributed by atoms with van der Waals surface area (Å²) in [4.78, 5) is 31.0. The Balaban J connectivity index is 1.65. The maximum Gasteiger partial charge on any atom is 0.272 e. The molecule has 2 aromatic carbocycles. The van der Waals surface area contributed by atoms with Crippen LogP contribution in [0.5, 0.6) is 5.75 Å². The number of carbonyl (C=O) groups excluding carboxylic acids is 2. The lowest BCUT2D eigenvalue weighted by Gasteiger charge is -2.40. The van der Waals surface area contributed by atoms with Crippen LogP contribution < -0.4 is 15.8 Å². The van der Waals surface area contributed by atoms with Crippen LogP contribution in [0.4, 0.5) is 17.6 Å². The molecule has 9 nitrogen and oxygen atoms in total. The molecule has 1 aliphatic heterocycles. The normalized spacial score (nSPS) is 16.3. The topological polar surface area (TPSA) is 126 Å². The Morgan fingerprint density at radius 1 is 1.24 bits per heavy atom. The first-order valence-corrected chi connectivity index (χ1v) is 11.2. The van der Waals surface area contributed by atoms with E-state index >= 15 is 0 Å². The Labute approximate surface area is 213 Å². The molecule has 0 spiro atoms. The van der Waals surface area contributed by atoms with E-state index in [9.17, 15) is 32.3 Å². The number of aliphatic hydroxyl groups is 1. The summed E-state index contributed by atoms with van der Waals surface area (Å²) in [5.74, 6) is -3.81. The highest BCUT2D eigenvalue weighted by Gasteiger charge is 2.40. The van der Waals surface area contributed by atoms with Gasteiger partial charge in [-0.1, -0.05) is 16.8 Å². The molecule has 0 aromatic heterocycles. The molecule has 0 radical (unpaired) electrons. The van der Waals surface area contributed by atoms with Crippen LogP contribution in [0.15, 0.2) is 35.5 Å². The first-order chi connectivity index (χ1) is 17.5. The average molecular weight is 547 g/mol. The van der Waals surface area contributed by atoms with Gasteiger partial charge in [-0.25, -0.2) is 17.6 Å². The fourth-order valence-corrected chi connectivity index (χ4v) is 3.81. The number of halogens is 5. The van der Waals surface area contributed by atoms with E-state index in [1.165, 1.54) is 25.3 Å². The molecule has 0 saturated carbocycles. The summed E-state index contributed by atoms with van der Waals surface area (Å²) in [7, 11) is 1.22. The van der Waals surface area contributed by atoms with E-state index in [4.69, 9.17) is 22.1 Å². The van der Waals surface area contributed by atoms with Crippen molar-refractivity contribution in [1.82, 2.24) is 10.2 Å². The second-order valence-corrected chi connectivity index (χ2v) is 8.39. The number of amidine groups is 1. The number of carbonyl (C=O) groups is 2. The van der Waals surface area contributed by atoms with Gasteiger partial charge in [0.2, 0.25) is 5.91 Å². The molecule has 37 heavy (non-hydrogen) atoms. The molecule has 2 amide bonds. The van der Waals surface area contributed by atoms with Gasteiger partial charge in [0.05, 0.1) is 0 Å². The van der Waals surface area contributed by atoms with Gasteiger partial charge in [0.25, 0.3) is 12.3 Å². The van der Waals surface area contributed by atoms with Crippen LogP contribution in [0.25, 0.3) is 0 Å². The highest BCUT2D eigenvalue weighted by Crippen LogP contribution is 2.29. The molecule has 1 fully saturated rings. The minimum Gasteiger partial charge on any atom is -0.488 e. The van der Waals surface area contributed by atoms with Crippen molar-refractivity contribution in [2.75, 3.05) is 20.3 Å². The van der Waals surface area contributed by atoms with Crippen molar-refractivity contribution in [2.45, 2.75) is 31.5 Å². The van der Waals surface area contributed by atoms with E-state index in [-0.39, 0.29) is 40.7 Å². The molecule has 0 unspecified atom stereocenters. The van der Waals surface area contributed by atoms with Crippen LogP contribution in [0.2, 0.25) is 5.02 Å². The average Bonchev–Trinajstić information content (AvgIpc) is 2.80. The quantitative estimate of drug-likeness (QED) is 0.182. The lowest BCUT2D eigenvalue weighted by atomic mass is 9.98. The van der Waals surface area contributed by atoms with Crippen molar-refractivity contribution in [3.05, 3.63) is 63.7 Å². The minimum absolute atomic E-state index is 0.0201. The molecule has 4 N–H and O–H groups in total. The Kier molecular flexibility index (Phi) is 9.16. The third-order valence-corrected chi connectivity index (χ3v) is 5.71. The summed E-state index contributed by atoms with van der Waals surface area (Å²) >= 11 is 5.94. The number of likely N-dealkylation sites (tertiary alicyclic amines) is 1. The number of amides is 2. The molecule has 3 rings (SSSR count). The zero-order chi connectivity index (χ0) is 27.3. The zero-order valence-electron chi connectivity index (χ0n) is 19.4. The molecule has 0 aliphatic carbocycles. The van der Waals surface area contributed by atoms with Gasteiger partial charge in [0.1, 0.15) is 37.1 Å². The van der Waals surface area contributed by atoms with Crippen molar-refractivity contribution in [3.8, 4) is 5.75 Å². The monoisotopic (exact) mass is 546 g/mol. The van der Waals surface area contributed by atoms with Gasteiger partial charge >= 0.3 is 0 Å². The molecular weight excluding hydrogens is 524 g/mol. The number of rotatable bonds is 10. The fraction of sp³-hybridized carbons (Fsp3) is 0.348. The summed E-state index contributed by atoms with van der Waals surface area (Å²) in [5, 5.41) is 16.3. The number of nitrogens with one attached hydrogen (secondary N) is 1. The van der Waals surface area contributed by atoms with Crippen molar-refractivity contribution in [2.24, 2.45) is 10.9 Å². The second kappa shape index (κ2) is 12.1. The van der Waals surface area contributed by atoms with Crippen LogP contribution in [0.1, 0.15) is 29.2 Å². The standard InChI is InChI=1S/C23H23ClF4N4O5/c1-36-31-21(29)12-6-16(25)15(17(26)7-12)9-30-22(34)18-2-3-32(18)23(35)20(33)11-4-13(24)8-14(5-11)37-10-19(27)28/h4-8,18-20,33H,2-3,9-10H2,1H3,(H2,29,31)(H,30,34)/t18-,20+/m0/s1. The predicted molar refractivity (Wildman–Crippen MR) is 124 cm³/mol. The molecular formula is C23H23ClF4N4O5. The smallest absolute Gasteiger partial charge is 0.272 e. The van der Waals surface area contributed by atoms with E-state index in [1.54, 1.807) is 0 Å². The zero-order valence-corrected chi connectivity index (χ0v) is 20.1. The van der Waals surface area contributed by atoms with Crippen LogP contribution in [-0.2, 0) is 21.0 Å². The number of benzene rings is 2. The number of oxime groups is 1. The molecule has 1 heterocycles. The largest absolute Gasteiger partial charge is 0.488 e. The third-order valence-electron chi connectivity index (χ3n) is 5.49. The van der Waals surface area contributed by atoms with E-state index in [0.29, 0.717) is 0 Å². The van der Waals surface area contributed by atoms with Crippen molar-refractivity contribution in [3.63, 3.8) is 0 Å². The summed E-state index contributed by atoms with van der Waals surface area (Å²) < 4.78 is 58.6. The van der Waals surface area contributed by atoms with Gasteiger partial charge in [-0.15, -0.1) is 0 Å². The van der Waals surface area contributed by atoms with Crippen LogP contribution in [0, 0.1) is 11.6 Å². The molecule has 0 bridgehead atoms. The van der Waals surface area contributed by atoms with Gasteiger partial charge in [-0.05, 0) is 42.3 Å². The van der Waals surface area contributed by atoms with Gasteiger partial charge in [-0.3, -0.25) is 9.59 Å². The Bertz CT molecular complexity index is 1180. The van der Waals surface area contributed by atoms with Crippen LogP contribution >= 0.6 is 11.6 Å². The maximum absolute atomic E-state index is 14.4. The first kappa shape index (κ1) is 28.0. The van der Waals surface area contributed by atoms with E-state index < -0.39 is 60.7 Å². The summed E-state index contributed by atoms with van der Waals surface area (Å²) in [6.45, 7) is -1.28. The minimum atomic E-state index is -2.74. The van der Waals surface area contributed by atoms with Crippen LogP contribution in [0.3, 0.4) is 0 Å². The summed E-state index contributed by atoms with van der Waals surface area (Å²) in [6.07, 6.45) is -4.25.